The highest BCUT2D eigenvalue weighted by molar-refractivity contribution is 6.29. The molecule has 0 saturated heterocycles. The maximum Gasteiger partial charge on any atom is 0.278 e. The predicted octanol–water partition coefficient (Wildman–Crippen LogP) is 2.73. The number of methoxy groups -OCH3 is 1. The van der Waals surface area contributed by atoms with Crippen molar-refractivity contribution < 1.29 is 9.53 Å². The molecule has 1 aromatic heterocycles. The minimum Gasteiger partial charge on any atom is -0.497 e. The summed E-state index contributed by atoms with van der Waals surface area (Å²) in [5, 5.41) is 7.86. The Labute approximate surface area is 127 Å². The Hall–Kier alpha value is -2.14. The topological polar surface area (TPSA) is 55.3 Å². The monoisotopic (exact) mass is 303 g/mol. The van der Waals surface area contributed by atoms with E-state index < -0.39 is 0 Å². The van der Waals surface area contributed by atoms with Gasteiger partial charge in [0.2, 0.25) is 0 Å². The Morgan fingerprint density at radius 1 is 1.29 bits per heavy atom. The highest BCUT2D eigenvalue weighted by atomic mass is 35.5. The summed E-state index contributed by atoms with van der Waals surface area (Å²) in [5.41, 5.74) is 2.31. The molecular weight excluding hydrogens is 290 g/mol. The van der Waals surface area contributed by atoms with Crippen molar-refractivity contribution in [3.05, 3.63) is 46.7 Å². The molecule has 5 nitrogen and oxygen atoms in total. The number of hydrogen-bond acceptors (Lipinski definition) is 4. The Balaban J connectivity index is 1.94. The van der Waals surface area contributed by atoms with Crippen molar-refractivity contribution in [3.63, 3.8) is 0 Å². The van der Waals surface area contributed by atoms with E-state index in [0.29, 0.717) is 12.2 Å². The van der Waals surface area contributed by atoms with Gasteiger partial charge in [-0.15, -0.1) is 10.2 Å². The normalized spacial score (nSPS) is 13.7. The van der Waals surface area contributed by atoms with Crippen molar-refractivity contribution in [2.75, 3.05) is 18.6 Å². The fourth-order valence-corrected chi connectivity index (χ4v) is 2.58. The van der Waals surface area contributed by atoms with Crippen LogP contribution in [0.2, 0.25) is 5.15 Å². The maximum absolute atomic E-state index is 12.6. The number of rotatable bonds is 2. The highest BCUT2D eigenvalue weighted by Gasteiger charge is 2.25. The second-order valence-electron chi connectivity index (χ2n) is 4.80. The minimum absolute atomic E-state index is 0.162. The molecule has 1 amide bonds. The molecule has 0 radical (unpaired) electrons. The fraction of sp³-hybridized carbons (Fsp3) is 0.267. The molecule has 1 aromatic carbocycles. The van der Waals surface area contributed by atoms with E-state index in [2.05, 4.69) is 10.2 Å². The minimum atomic E-state index is -0.162. The zero-order valence-corrected chi connectivity index (χ0v) is 12.3. The Kier molecular flexibility index (Phi) is 3.75. The summed E-state index contributed by atoms with van der Waals surface area (Å²) < 4.78 is 5.23. The van der Waals surface area contributed by atoms with Crippen molar-refractivity contribution >= 4 is 23.2 Å². The molecule has 0 N–H and O–H groups in total. The fourth-order valence-electron chi connectivity index (χ4n) is 2.48. The molecule has 6 heteroatoms. The summed E-state index contributed by atoms with van der Waals surface area (Å²) in [4.78, 5) is 14.3. The zero-order chi connectivity index (χ0) is 14.8. The quantitative estimate of drug-likeness (QED) is 0.856. The van der Waals surface area contributed by atoms with Crippen molar-refractivity contribution in [3.8, 4) is 5.75 Å². The second-order valence-corrected chi connectivity index (χ2v) is 5.18. The highest BCUT2D eigenvalue weighted by Crippen LogP contribution is 2.31. The molecule has 2 aromatic rings. The molecule has 1 aliphatic heterocycles. The summed E-state index contributed by atoms with van der Waals surface area (Å²) in [6.45, 7) is 0.669. The van der Waals surface area contributed by atoms with E-state index in [-0.39, 0.29) is 11.1 Å². The van der Waals surface area contributed by atoms with Gasteiger partial charge in [0.05, 0.1) is 7.11 Å². The van der Waals surface area contributed by atoms with Crippen molar-refractivity contribution in [2.45, 2.75) is 12.8 Å². The van der Waals surface area contributed by atoms with Gasteiger partial charge in [-0.05, 0) is 48.7 Å². The standard InChI is InChI=1S/C15H14ClN3O2/c1-21-11-4-6-13-10(9-11)3-2-8-19(13)15(20)12-5-7-14(16)18-17-12/h4-7,9H,2-3,8H2,1H3. The summed E-state index contributed by atoms with van der Waals surface area (Å²) >= 11 is 5.70. The van der Waals surface area contributed by atoms with E-state index in [1.54, 1.807) is 24.1 Å². The third kappa shape index (κ3) is 2.69. The van der Waals surface area contributed by atoms with Gasteiger partial charge in [0.25, 0.3) is 5.91 Å². The number of benzene rings is 1. The van der Waals surface area contributed by atoms with Crippen LogP contribution in [-0.2, 0) is 6.42 Å². The van der Waals surface area contributed by atoms with E-state index in [1.165, 1.54) is 0 Å². The lowest BCUT2D eigenvalue weighted by Crippen LogP contribution is -2.36. The number of carbonyl (C=O) groups excluding carboxylic acids is 1. The van der Waals surface area contributed by atoms with Crippen LogP contribution in [0.25, 0.3) is 0 Å². The van der Waals surface area contributed by atoms with Gasteiger partial charge < -0.3 is 9.64 Å². The van der Waals surface area contributed by atoms with Gasteiger partial charge in [0.1, 0.15) is 5.75 Å². The molecule has 0 saturated carbocycles. The molecule has 0 unspecified atom stereocenters. The van der Waals surface area contributed by atoms with Crippen LogP contribution in [0.5, 0.6) is 5.75 Å². The lowest BCUT2D eigenvalue weighted by Gasteiger charge is -2.29. The number of fused-ring (bicyclic) bond motifs is 1. The van der Waals surface area contributed by atoms with Crippen molar-refractivity contribution in [1.29, 1.82) is 0 Å². The predicted molar refractivity (Wildman–Crippen MR) is 80.0 cm³/mol. The van der Waals surface area contributed by atoms with E-state index in [9.17, 15) is 4.79 Å². The lowest BCUT2D eigenvalue weighted by atomic mass is 10.0. The number of anilines is 1. The van der Waals surface area contributed by atoms with Crippen molar-refractivity contribution in [1.82, 2.24) is 10.2 Å². The number of aromatic nitrogens is 2. The average molecular weight is 304 g/mol. The van der Waals surface area contributed by atoms with E-state index >= 15 is 0 Å². The number of amides is 1. The maximum atomic E-state index is 12.6. The SMILES string of the molecule is COc1ccc2c(c1)CCCN2C(=O)c1ccc(Cl)nn1. The van der Waals surface area contributed by atoms with Crippen LogP contribution in [0.15, 0.2) is 30.3 Å². The molecule has 0 fully saturated rings. The summed E-state index contributed by atoms with van der Waals surface area (Å²) in [6.07, 6.45) is 1.84. The molecular formula is C15H14ClN3O2. The van der Waals surface area contributed by atoms with Gasteiger partial charge in [0.15, 0.2) is 10.8 Å². The number of halogens is 1. The molecule has 0 spiro atoms. The average Bonchev–Trinajstić information content (AvgIpc) is 2.53. The largest absolute Gasteiger partial charge is 0.497 e. The number of aryl methyl sites for hydroxylation is 1. The van der Waals surface area contributed by atoms with E-state index in [4.69, 9.17) is 16.3 Å². The number of nitrogens with zero attached hydrogens (tertiary/aromatic N) is 3. The molecule has 1 aliphatic rings. The first-order valence-electron chi connectivity index (χ1n) is 6.67. The summed E-state index contributed by atoms with van der Waals surface area (Å²) in [7, 11) is 1.64. The molecule has 21 heavy (non-hydrogen) atoms. The van der Waals surface area contributed by atoms with Gasteiger partial charge in [0, 0.05) is 12.2 Å². The first kappa shape index (κ1) is 13.8. The van der Waals surface area contributed by atoms with Gasteiger partial charge in [-0.25, -0.2) is 0 Å². The van der Waals surface area contributed by atoms with Crippen molar-refractivity contribution in [2.24, 2.45) is 0 Å². The summed E-state index contributed by atoms with van der Waals surface area (Å²) in [5.74, 6) is 0.639. The number of carbonyl (C=O) groups is 1. The Bertz CT molecular complexity index is 673. The molecule has 0 bridgehead atoms. The van der Waals surface area contributed by atoms with Gasteiger partial charge in [-0.2, -0.15) is 0 Å². The first-order chi connectivity index (χ1) is 10.2. The molecule has 3 rings (SSSR count). The first-order valence-corrected chi connectivity index (χ1v) is 7.05. The van der Waals surface area contributed by atoms with Gasteiger partial charge >= 0.3 is 0 Å². The third-order valence-corrected chi connectivity index (χ3v) is 3.70. The third-order valence-electron chi connectivity index (χ3n) is 3.50. The lowest BCUT2D eigenvalue weighted by molar-refractivity contribution is 0.0979. The second kappa shape index (κ2) is 5.69. The van der Waals surface area contributed by atoms with Gasteiger partial charge in [-0.3, -0.25) is 4.79 Å². The smallest absolute Gasteiger partial charge is 0.278 e. The Morgan fingerprint density at radius 2 is 2.14 bits per heavy atom. The van der Waals surface area contributed by atoms with E-state index in [1.807, 2.05) is 18.2 Å². The Morgan fingerprint density at radius 3 is 2.86 bits per heavy atom. The molecule has 2 heterocycles. The zero-order valence-electron chi connectivity index (χ0n) is 11.5. The van der Waals surface area contributed by atoms with Crippen LogP contribution in [-0.4, -0.2) is 29.8 Å². The molecule has 0 atom stereocenters. The van der Waals surface area contributed by atoms with Gasteiger partial charge in [-0.1, -0.05) is 11.6 Å². The number of ether oxygens (including phenoxy) is 1. The summed E-state index contributed by atoms with van der Waals surface area (Å²) in [6, 6.07) is 8.91. The van der Waals surface area contributed by atoms with Crippen LogP contribution < -0.4 is 9.64 Å². The van der Waals surface area contributed by atoms with Crippen LogP contribution >= 0.6 is 11.6 Å². The molecule has 108 valence electrons. The van der Waals surface area contributed by atoms with Crippen LogP contribution in [0, 0.1) is 0 Å². The van der Waals surface area contributed by atoms with E-state index in [0.717, 1.165) is 29.8 Å². The number of hydrogen-bond donors (Lipinski definition) is 0. The van der Waals surface area contributed by atoms with Crippen LogP contribution in [0.1, 0.15) is 22.5 Å². The van der Waals surface area contributed by atoms with Crippen LogP contribution in [0.3, 0.4) is 0 Å². The molecule has 0 aliphatic carbocycles. The van der Waals surface area contributed by atoms with Crippen LogP contribution in [0.4, 0.5) is 5.69 Å².